The van der Waals surface area contributed by atoms with E-state index in [1.807, 2.05) is 0 Å². The largest absolute Gasteiger partial charge is 0.310 e. The van der Waals surface area contributed by atoms with Gasteiger partial charge >= 0.3 is 0 Å². The predicted octanol–water partition coefficient (Wildman–Crippen LogP) is 17.0. The molecule has 0 radical (unpaired) electrons. The second-order valence-electron chi connectivity index (χ2n) is 18.2. The van der Waals surface area contributed by atoms with Gasteiger partial charge in [-0.3, -0.25) is 0 Å². The lowest BCUT2D eigenvalue weighted by Crippen LogP contribution is -2.26. The number of hydrogen-bond donors (Lipinski definition) is 0. The van der Waals surface area contributed by atoms with E-state index >= 15 is 0 Å². The quantitative estimate of drug-likeness (QED) is 0.159. The normalized spacial score (nSPS) is 12.8. The van der Waals surface area contributed by atoms with Crippen LogP contribution in [0.15, 0.2) is 261 Å². The van der Waals surface area contributed by atoms with Gasteiger partial charge in [-0.15, -0.1) is 0 Å². The van der Waals surface area contributed by atoms with Gasteiger partial charge in [-0.2, -0.15) is 5.10 Å². The lowest BCUT2D eigenvalue weighted by Gasteiger charge is -2.32. The Morgan fingerprint density at radius 3 is 1.48 bits per heavy atom. The minimum atomic E-state index is -0.468. The van der Waals surface area contributed by atoms with Gasteiger partial charge in [0, 0.05) is 39.0 Å². The number of pyridine rings is 1. The van der Waals surface area contributed by atoms with Gasteiger partial charge in [0.15, 0.2) is 0 Å². The molecule has 0 atom stereocenters. The van der Waals surface area contributed by atoms with E-state index in [1.165, 1.54) is 55.6 Å². The Morgan fingerprint density at radius 2 is 0.841 bits per heavy atom. The first-order chi connectivity index (χ1) is 34.3. The molecule has 12 aromatic rings. The monoisotopic (exact) mass is 877 g/mol. The van der Waals surface area contributed by atoms with E-state index in [0.717, 1.165) is 67.0 Å². The summed E-state index contributed by atoms with van der Waals surface area (Å²) in [6, 6.07) is 95.4. The lowest BCUT2D eigenvalue weighted by molar-refractivity contribution is 0.794. The topological polar surface area (TPSA) is 20.5 Å². The van der Waals surface area contributed by atoms with Crippen molar-refractivity contribution in [2.45, 2.75) is 5.41 Å². The van der Waals surface area contributed by atoms with Crippen molar-refractivity contribution in [2.75, 3.05) is 4.90 Å². The molecule has 69 heavy (non-hydrogen) atoms. The summed E-state index contributed by atoms with van der Waals surface area (Å²) in [5.74, 6) is 0. The molecule has 0 N–H and O–H groups in total. The van der Waals surface area contributed by atoms with Crippen molar-refractivity contribution in [2.24, 2.45) is 0 Å². The summed E-state index contributed by atoms with van der Waals surface area (Å²) in [6.07, 6.45) is 0. The Morgan fingerprint density at radius 1 is 0.348 bits per heavy atom. The van der Waals surface area contributed by atoms with E-state index in [-0.39, 0.29) is 0 Å². The Bertz CT molecular complexity index is 3890. The summed E-state index contributed by atoms with van der Waals surface area (Å²) in [5, 5.41) is 7.77. The van der Waals surface area contributed by atoms with Crippen molar-refractivity contribution in [1.82, 2.24) is 9.61 Å². The highest BCUT2D eigenvalue weighted by molar-refractivity contribution is 6.10. The van der Waals surface area contributed by atoms with Gasteiger partial charge in [0.1, 0.15) is 5.69 Å². The third kappa shape index (κ3) is 5.84. The highest BCUT2D eigenvalue weighted by atomic mass is 15.2. The second kappa shape index (κ2) is 15.5. The molecule has 14 rings (SSSR count). The first-order valence-electron chi connectivity index (χ1n) is 23.8. The van der Waals surface area contributed by atoms with Crippen molar-refractivity contribution in [3.63, 3.8) is 0 Å². The number of hydrogen-bond acceptors (Lipinski definition) is 2. The summed E-state index contributed by atoms with van der Waals surface area (Å²) < 4.78 is 2.18. The third-order valence-electron chi connectivity index (χ3n) is 14.6. The fraction of sp³-hybridized carbons (Fsp3) is 0.0152. The van der Waals surface area contributed by atoms with Crippen molar-refractivity contribution in [1.29, 1.82) is 0 Å². The van der Waals surface area contributed by atoms with Crippen LogP contribution in [0.25, 0.3) is 83.3 Å². The number of aromatic nitrogens is 2. The fourth-order valence-electron chi connectivity index (χ4n) is 11.7. The molecule has 10 aromatic carbocycles. The van der Waals surface area contributed by atoms with E-state index < -0.39 is 5.41 Å². The van der Waals surface area contributed by atoms with E-state index in [1.54, 1.807) is 0 Å². The van der Waals surface area contributed by atoms with Gasteiger partial charge in [0.2, 0.25) is 0 Å². The molecule has 322 valence electrons. The van der Waals surface area contributed by atoms with Gasteiger partial charge in [0.05, 0.1) is 22.3 Å². The van der Waals surface area contributed by atoms with Crippen LogP contribution in [0.3, 0.4) is 0 Å². The molecule has 0 saturated carbocycles. The summed E-state index contributed by atoms with van der Waals surface area (Å²) in [6.45, 7) is 0. The Balaban J connectivity index is 1.06. The van der Waals surface area contributed by atoms with Crippen LogP contribution in [0.1, 0.15) is 22.3 Å². The maximum Gasteiger partial charge on any atom is 0.101 e. The molecule has 2 aliphatic rings. The summed E-state index contributed by atoms with van der Waals surface area (Å²) in [7, 11) is 0. The van der Waals surface area contributed by atoms with Gasteiger partial charge in [-0.1, -0.05) is 224 Å². The predicted molar refractivity (Wildman–Crippen MR) is 285 cm³/mol. The van der Waals surface area contributed by atoms with Crippen LogP contribution in [-0.2, 0) is 5.41 Å². The molecule has 2 aliphatic carbocycles. The minimum Gasteiger partial charge on any atom is -0.310 e. The lowest BCUT2D eigenvalue weighted by atomic mass is 9.70. The molecule has 0 bridgehead atoms. The Labute approximate surface area is 401 Å². The molecule has 0 aliphatic heterocycles. The second-order valence-corrected chi connectivity index (χ2v) is 18.2. The Hall–Kier alpha value is -9.05. The number of anilines is 3. The Kier molecular flexibility index (Phi) is 8.80. The van der Waals surface area contributed by atoms with Crippen LogP contribution in [0, 0.1) is 0 Å². The number of benzene rings is 10. The molecule has 0 fully saturated rings. The van der Waals surface area contributed by atoms with Crippen molar-refractivity contribution in [3.8, 4) is 67.0 Å². The molecule has 0 saturated heterocycles. The SMILES string of the molecule is c1ccc(-c2ccc(N(c3ccc4c(c3)cc(-c3ccccc3)n3nc(-c5ccccc5)c(-c5ccccc5)c43)c3cccc4c3-c3ccccc3C43c4ccccc4-c4ccccc43)cc2)cc1. The van der Waals surface area contributed by atoms with Crippen LogP contribution >= 0.6 is 0 Å². The number of rotatable bonds is 7. The molecular formula is C66H43N3. The zero-order valence-corrected chi connectivity index (χ0v) is 37.7. The van der Waals surface area contributed by atoms with Gasteiger partial charge in [-0.25, -0.2) is 4.52 Å². The first kappa shape index (κ1) is 39.1. The third-order valence-corrected chi connectivity index (χ3v) is 14.6. The first-order valence-corrected chi connectivity index (χ1v) is 23.8. The average molecular weight is 878 g/mol. The molecule has 3 heteroatoms. The smallest absolute Gasteiger partial charge is 0.101 e. The number of nitrogens with zero attached hydrogens (tertiary/aromatic N) is 3. The van der Waals surface area contributed by atoms with E-state index in [0.29, 0.717) is 0 Å². The highest BCUT2D eigenvalue weighted by Gasteiger charge is 2.52. The molecule has 2 heterocycles. The summed E-state index contributed by atoms with van der Waals surface area (Å²) >= 11 is 0. The maximum atomic E-state index is 5.51. The van der Waals surface area contributed by atoms with Crippen LogP contribution < -0.4 is 4.90 Å². The zero-order chi connectivity index (χ0) is 45.5. The van der Waals surface area contributed by atoms with Crippen LogP contribution in [0.4, 0.5) is 17.1 Å². The van der Waals surface area contributed by atoms with Gasteiger partial charge in [-0.05, 0) is 97.4 Å². The van der Waals surface area contributed by atoms with E-state index in [4.69, 9.17) is 5.10 Å². The van der Waals surface area contributed by atoms with Gasteiger partial charge < -0.3 is 4.90 Å². The maximum absolute atomic E-state index is 5.51. The summed E-state index contributed by atoms with van der Waals surface area (Å²) in [4.78, 5) is 2.49. The molecule has 2 aromatic heterocycles. The van der Waals surface area contributed by atoms with E-state index in [9.17, 15) is 0 Å². The van der Waals surface area contributed by atoms with Crippen molar-refractivity contribution < 1.29 is 0 Å². The van der Waals surface area contributed by atoms with Crippen LogP contribution in [0.2, 0.25) is 0 Å². The highest BCUT2D eigenvalue weighted by Crippen LogP contribution is 2.64. The zero-order valence-electron chi connectivity index (χ0n) is 37.7. The van der Waals surface area contributed by atoms with E-state index in [2.05, 4.69) is 270 Å². The number of fused-ring (bicyclic) bond motifs is 13. The van der Waals surface area contributed by atoms with Crippen LogP contribution in [0.5, 0.6) is 0 Å². The van der Waals surface area contributed by atoms with Crippen LogP contribution in [-0.4, -0.2) is 9.61 Å². The molecule has 0 unspecified atom stereocenters. The fourth-order valence-corrected chi connectivity index (χ4v) is 11.7. The average Bonchev–Trinajstić information content (AvgIpc) is 4.08. The molecular weight excluding hydrogens is 835 g/mol. The van der Waals surface area contributed by atoms with Crippen molar-refractivity contribution in [3.05, 3.63) is 283 Å². The van der Waals surface area contributed by atoms with Gasteiger partial charge in [0.25, 0.3) is 0 Å². The van der Waals surface area contributed by atoms with Crippen molar-refractivity contribution >= 4 is 33.4 Å². The summed E-state index contributed by atoms with van der Waals surface area (Å²) in [5.41, 5.74) is 23.1. The molecule has 0 amide bonds. The minimum absolute atomic E-state index is 0.468. The molecule has 3 nitrogen and oxygen atoms in total. The molecule has 1 spiro atoms. The standard InChI is InChI=1S/C66H43N3/c1-5-20-44(21-6-1)45-36-38-50(39-37-45)68(60-35-19-34-59-63(60)55-30-15-18-33-58(55)66(59)56-31-16-13-28-53(56)54-29-14-17-32-57(54)66)51-40-41-52-49(42-51)43-61(46-22-7-2-8-23-46)69-65(52)62(47-24-9-3-10-25-47)64(67-69)48-26-11-4-12-27-48/h1-43H.